The van der Waals surface area contributed by atoms with Gasteiger partial charge in [0.05, 0.1) is 27.4 Å². The summed E-state index contributed by atoms with van der Waals surface area (Å²) in [4.78, 5) is 16.8. The molecule has 2 aromatic rings. The maximum absolute atomic E-state index is 12.4. The average Bonchev–Trinajstić information content (AvgIpc) is 3.15. The molecule has 8 heteroatoms. The highest BCUT2D eigenvalue weighted by molar-refractivity contribution is 7.09. The number of nitrogens with zero attached hydrogens (tertiary/aromatic N) is 1. The Balaban J connectivity index is 2.06. The molecule has 2 rings (SSSR count). The summed E-state index contributed by atoms with van der Waals surface area (Å²) in [5, 5.41) is 5.38. The number of amides is 1. The molecule has 0 saturated carbocycles. The Labute approximate surface area is 163 Å². The Morgan fingerprint density at radius 3 is 2.33 bits per heavy atom. The van der Waals surface area contributed by atoms with E-state index in [-0.39, 0.29) is 11.9 Å². The van der Waals surface area contributed by atoms with Gasteiger partial charge in [0.1, 0.15) is 10.7 Å². The van der Waals surface area contributed by atoms with Crippen LogP contribution < -0.4 is 25.3 Å². The summed E-state index contributed by atoms with van der Waals surface area (Å²) in [5.41, 5.74) is 7.34. The van der Waals surface area contributed by atoms with Crippen LogP contribution >= 0.6 is 11.3 Å². The zero-order valence-electron chi connectivity index (χ0n) is 16.4. The second kappa shape index (κ2) is 9.57. The number of nitrogens with two attached hydrogens (primary N) is 1. The fourth-order valence-electron chi connectivity index (χ4n) is 2.68. The molecule has 27 heavy (non-hydrogen) atoms. The number of aromatic nitrogens is 1. The molecule has 148 valence electrons. The summed E-state index contributed by atoms with van der Waals surface area (Å²) in [5.74, 6) is 1.82. The van der Waals surface area contributed by atoms with Gasteiger partial charge in [0.15, 0.2) is 11.5 Å². The molecule has 1 atom stereocenters. The number of thiazole rings is 1. The number of carbonyl (C=O) groups is 1. The lowest BCUT2D eigenvalue weighted by atomic mass is 10.1. The van der Waals surface area contributed by atoms with Crippen molar-refractivity contribution in [3.63, 3.8) is 0 Å². The molecule has 0 fully saturated rings. The lowest BCUT2D eigenvalue weighted by Crippen LogP contribution is -2.23. The molecule has 0 saturated heterocycles. The Bertz CT molecular complexity index is 751. The van der Waals surface area contributed by atoms with Crippen LogP contribution in [0.1, 0.15) is 47.4 Å². The van der Waals surface area contributed by atoms with Crippen LogP contribution in [0.5, 0.6) is 17.2 Å². The van der Waals surface area contributed by atoms with Gasteiger partial charge in [-0.3, -0.25) is 4.79 Å². The van der Waals surface area contributed by atoms with Crippen molar-refractivity contribution in [2.24, 2.45) is 11.7 Å². The first-order chi connectivity index (χ1) is 12.9. The van der Waals surface area contributed by atoms with Crippen molar-refractivity contribution in [1.82, 2.24) is 10.3 Å². The maximum atomic E-state index is 12.4. The molecular weight excluding hydrogens is 366 g/mol. The van der Waals surface area contributed by atoms with Gasteiger partial charge in [0.2, 0.25) is 5.75 Å². The minimum Gasteiger partial charge on any atom is -0.493 e. The molecule has 1 aromatic carbocycles. The van der Waals surface area contributed by atoms with Gasteiger partial charge >= 0.3 is 0 Å². The van der Waals surface area contributed by atoms with Crippen molar-refractivity contribution in [1.29, 1.82) is 0 Å². The molecule has 0 aliphatic rings. The molecular formula is C19H27N3O4S. The lowest BCUT2D eigenvalue weighted by molar-refractivity contribution is 0.0946. The SMILES string of the molecule is COc1cc(CNC(=O)c2csc(C(N)CC(C)C)n2)cc(OC)c1OC. The van der Waals surface area contributed by atoms with Gasteiger partial charge in [-0.15, -0.1) is 11.3 Å². The molecule has 0 spiro atoms. The predicted octanol–water partition coefficient (Wildman–Crippen LogP) is 3.14. The van der Waals surface area contributed by atoms with Crippen LogP contribution in [0.25, 0.3) is 0 Å². The van der Waals surface area contributed by atoms with Crippen LogP contribution in [0.4, 0.5) is 0 Å². The quantitative estimate of drug-likeness (QED) is 0.679. The third-order valence-electron chi connectivity index (χ3n) is 3.97. The van der Waals surface area contributed by atoms with E-state index in [0.29, 0.717) is 35.4 Å². The normalized spacial score (nSPS) is 12.0. The molecule has 1 aromatic heterocycles. The van der Waals surface area contributed by atoms with Gasteiger partial charge < -0.3 is 25.3 Å². The molecule has 7 nitrogen and oxygen atoms in total. The van der Waals surface area contributed by atoms with E-state index < -0.39 is 0 Å². The fraction of sp³-hybridized carbons (Fsp3) is 0.474. The highest BCUT2D eigenvalue weighted by Crippen LogP contribution is 2.38. The highest BCUT2D eigenvalue weighted by Gasteiger charge is 2.17. The summed E-state index contributed by atoms with van der Waals surface area (Å²) in [6.07, 6.45) is 0.833. The molecule has 0 radical (unpaired) electrons. The van der Waals surface area contributed by atoms with Crippen molar-refractivity contribution in [3.8, 4) is 17.2 Å². The number of ether oxygens (including phenoxy) is 3. The number of nitrogens with one attached hydrogen (secondary N) is 1. The lowest BCUT2D eigenvalue weighted by Gasteiger charge is -2.14. The van der Waals surface area contributed by atoms with Crippen LogP contribution in [0.3, 0.4) is 0 Å². The van der Waals surface area contributed by atoms with Crippen LogP contribution in [0.15, 0.2) is 17.5 Å². The van der Waals surface area contributed by atoms with Crippen molar-refractivity contribution in [2.75, 3.05) is 21.3 Å². The van der Waals surface area contributed by atoms with Crippen LogP contribution in [-0.4, -0.2) is 32.2 Å². The van der Waals surface area contributed by atoms with Gasteiger partial charge in [-0.25, -0.2) is 4.98 Å². The Hall–Kier alpha value is -2.32. The van der Waals surface area contributed by atoms with E-state index in [2.05, 4.69) is 24.1 Å². The van der Waals surface area contributed by atoms with Gasteiger partial charge in [0, 0.05) is 11.9 Å². The van der Waals surface area contributed by atoms with E-state index in [9.17, 15) is 4.79 Å². The van der Waals surface area contributed by atoms with Crippen LogP contribution in [-0.2, 0) is 6.54 Å². The van der Waals surface area contributed by atoms with E-state index >= 15 is 0 Å². The molecule has 1 heterocycles. The maximum Gasteiger partial charge on any atom is 0.271 e. The average molecular weight is 394 g/mol. The number of carbonyl (C=O) groups excluding carboxylic acids is 1. The minimum atomic E-state index is -0.247. The van der Waals surface area contributed by atoms with E-state index in [1.165, 1.54) is 11.3 Å². The third kappa shape index (κ3) is 5.33. The Kier molecular flexibility index (Phi) is 7.44. The zero-order chi connectivity index (χ0) is 20.0. The predicted molar refractivity (Wildman–Crippen MR) is 106 cm³/mol. The number of hydrogen-bond donors (Lipinski definition) is 2. The molecule has 1 amide bonds. The smallest absolute Gasteiger partial charge is 0.271 e. The number of benzene rings is 1. The first-order valence-electron chi connectivity index (χ1n) is 8.67. The van der Waals surface area contributed by atoms with Gasteiger partial charge in [-0.1, -0.05) is 13.8 Å². The molecule has 0 aliphatic carbocycles. The Morgan fingerprint density at radius 2 is 1.81 bits per heavy atom. The molecule has 0 bridgehead atoms. The van der Waals surface area contributed by atoms with E-state index in [1.54, 1.807) is 38.8 Å². The topological polar surface area (TPSA) is 95.7 Å². The Morgan fingerprint density at radius 1 is 1.19 bits per heavy atom. The number of rotatable bonds is 9. The second-order valence-corrected chi connectivity index (χ2v) is 7.41. The van der Waals surface area contributed by atoms with E-state index in [4.69, 9.17) is 19.9 Å². The summed E-state index contributed by atoms with van der Waals surface area (Å²) >= 11 is 1.41. The fourth-order valence-corrected chi connectivity index (χ4v) is 3.50. The van der Waals surface area contributed by atoms with E-state index in [1.807, 2.05) is 0 Å². The van der Waals surface area contributed by atoms with Crippen molar-refractivity contribution in [2.45, 2.75) is 32.9 Å². The number of hydrogen-bond acceptors (Lipinski definition) is 7. The molecule has 3 N–H and O–H groups in total. The summed E-state index contributed by atoms with van der Waals surface area (Å²) in [6.45, 7) is 4.53. The van der Waals surface area contributed by atoms with Crippen LogP contribution in [0.2, 0.25) is 0 Å². The van der Waals surface area contributed by atoms with E-state index in [0.717, 1.165) is 17.0 Å². The van der Waals surface area contributed by atoms with Crippen molar-refractivity contribution >= 4 is 17.2 Å². The summed E-state index contributed by atoms with van der Waals surface area (Å²) in [7, 11) is 4.65. The third-order valence-corrected chi connectivity index (χ3v) is 4.95. The minimum absolute atomic E-state index is 0.147. The highest BCUT2D eigenvalue weighted by atomic mass is 32.1. The summed E-state index contributed by atoms with van der Waals surface area (Å²) < 4.78 is 16.0. The molecule has 0 aliphatic heterocycles. The monoisotopic (exact) mass is 393 g/mol. The number of methoxy groups -OCH3 is 3. The molecule has 1 unspecified atom stereocenters. The van der Waals surface area contributed by atoms with Gasteiger partial charge in [-0.05, 0) is 30.0 Å². The first-order valence-corrected chi connectivity index (χ1v) is 9.55. The van der Waals surface area contributed by atoms with Crippen LogP contribution in [0, 0.1) is 5.92 Å². The van der Waals surface area contributed by atoms with Crippen molar-refractivity contribution < 1.29 is 19.0 Å². The van der Waals surface area contributed by atoms with Gasteiger partial charge in [0.25, 0.3) is 5.91 Å². The van der Waals surface area contributed by atoms with Crippen molar-refractivity contribution in [3.05, 3.63) is 33.8 Å². The van der Waals surface area contributed by atoms with Gasteiger partial charge in [-0.2, -0.15) is 0 Å². The first kappa shape index (κ1) is 21.0. The second-order valence-electron chi connectivity index (χ2n) is 6.52. The standard InChI is InChI=1S/C19H27N3O4S/c1-11(2)6-13(20)19-22-14(10-27-19)18(23)21-9-12-7-15(24-3)17(26-5)16(8-12)25-4/h7-8,10-11,13H,6,9,20H2,1-5H3,(H,21,23). The summed E-state index contributed by atoms with van der Waals surface area (Å²) in [6, 6.07) is 3.45. The largest absolute Gasteiger partial charge is 0.493 e. The zero-order valence-corrected chi connectivity index (χ0v) is 17.2.